The van der Waals surface area contributed by atoms with E-state index >= 15 is 0 Å². The third-order valence-corrected chi connectivity index (χ3v) is 3.42. The van der Waals surface area contributed by atoms with Crippen molar-refractivity contribution in [3.8, 4) is 11.5 Å². The maximum atomic E-state index is 10.8. The normalized spacial score (nSPS) is 14.6. The minimum Gasteiger partial charge on any atom is -0.493 e. The van der Waals surface area contributed by atoms with Gasteiger partial charge in [0.2, 0.25) is 0 Å². The van der Waals surface area contributed by atoms with Crippen molar-refractivity contribution in [2.75, 3.05) is 13.7 Å². The molecule has 16 heavy (non-hydrogen) atoms. The Balaban J connectivity index is 2.25. The molecule has 1 aromatic rings. The molecule has 0 unspecified atom stereocenters. The highest BCUT2D eigenvalue weighted by Crippen LogP contribution is 2.39. The average molecular weight is 285 g/mol. The smallest absolute Gasteiger partial charge is 0.176 e. The molecule has 0 aromatic heterocycles. The highest BCUT2D eigenvalue weighted by atomic mass is 79.9. The Morgan fingerprint density at radius 3 is 2.81 bits per heavy atom. The van der Waals surface area contributed by atoms with Gasteiger partial charge >= 0.3 is 0 Å². The number of ether oxygens (including phenoxy) is 2. The van der Waals surface area contributed by atoms with E-state index in [0.717, 1.165) is 6.29 Å². The summed E-state index contributed by atoms with van der Waals surface area (Å²) >= 11 is 3.37. The molecule has 0 heterocycles. The summed E-state index contributed by atoms with van der Waals surface area (Å²) in [6.07, 6.45) is 3.26. The monoisotopic (exact) mass is 284 g/mol. The summed E-state index contributed by atoms with van der Waals surface area (Å²) in [5.74, 6) is 1.94. The van der Waals surface area contributed by atoms with E-state index in [1.807, 2.05) is 0 Å². The fourth-order valence-corrected chi connectivity index (χ4v) is 1.96. The van der Waals surface area contributed by atoms with Crippen LogP contribution in [0.5, 0.6) is 11.5 Å². The summed E-state index contributed by atoms with van der Waals surface area (Å²) in [6.45, 7) is 0.692. The zero-order valence-electron chi connectivity index (χ0n) is 9.03. The first kappa shape index (κ1) is 11.5. The molecule has 1 saturated carbocycles. The van der Waals surface area contributed by atoms with Gasteiger partial charge in [-0.05, 0) is 46.8 Å². The van der Waals surface area contributed by atoms with Crippen LogP contribution in [0.15, 0.2) is 16.6 Å². The van der Waals surface area contributed by atoms with Crippen LogP contribution >= 0.6 is 15.9 Å². The molecule has 1 fully saturated rings. The number of hydrogen-bond acceptors (Lipinski definition) is 3. The van der Waals surface area contributed by atoms with Gasteiger partial charge in [0.1, 0.15) is 0 Å². The van der Waals surface area contributed by atoms with E-state index in [1.54, 1.807) is 19.2 Å². The number of carbonyl (C=O) groups excluding carboxylic acids is 1. The van der Waals surface area contributed by atoms with Gasteiger partial charge in [-0.3, -0.25) is 4.79 Å². The fourth-order valence-electron chi connectivity index (χ4n) is 1.43. The predicted octanol–water partition coefficient (Wildman–Crippen LogP) is 3.06. The lowest BCUT2D eigenvalue weighted by Crippen LogP contribution is -2.02. The molecule has 86 valence electrons. The largest absolute Gasteiger partial charge is 0.493 e. The van der Waals surface area contributed by atoms with Crippen molar-refractivity contribution in [3.05, 3.63) is 22.2 Å². The van der Waals surface area contributed by atoms with Crippen LogP contribution in [0.3, 0.4) is 0 Å². The molecule has 0 aliphatic heterocycles. The van der Waals surface area contributed by atoms with Gasteiger partial charge in [-0.25, -0.2) is 0 Å². The fraction of sp³-hybridized carbons (Fsp3) is 0.417. The molecule has 0 saturated heterocycles. The third kappa shape index (κ3) is 2.38. The quantitative estimate of drug-likeness (QED) is 0.780. The van der Waals surface area contributed by atoms with Crippen molar-refractivity contribution in [2.45, 2.75) is 12.8 Å². The van der Waals surface area contributed by atoms with Crippen molar-refractivity contribution in [1.29, 1.82) is 0 Å². The summed E-state index contributed by atoms with van der Waals surface area (Å²) in [5, 5.41) is 0. The molecule has 0 N–H and O–H groups in total. The van der Waals surface area contributed by atoms with E-state index in [9.17, 15) is 4.79 Å². The van der Waals surface area contributed by atoms with Crippen molar-refractivity contribution in [2.24, 2.45) is 5.92 Å². The highest BCUT2D eigenvalue weighted by molar-refractivity contribution is 9.10. The van der Waals surface area contributed by atoms with Crippen molar-refractivity contribution in [3.63, 3.8) is 0 Å². The van der Waals surface area contributed by atoms with E-state index in [-0.39, 0.29) is 0 Å². The van der Waals surface area contributed by atoms with Crippen LogP contribution in [0.2, 0.25) is 0 Å². The molecular weight excluding hydrogens is 272 g/mol. The van der Waals surface area contributed by atoms with Crippen LogP contribution in [0.25, 0.3) is 0 Å². The zero-order chi connectivity index (χ0) is 11.5. The van der Waals surface area contributed by atoms with Crippen LogP contribution < -0.4 is 9.47 Å². The summed E-state index contributed by atoms with van der Waals surface area (Å²) < 4.78 is 11.6. The number of halogens is 1. The Bertz CT molecular complexity index is 399. The van der Waals surface area contributed by atoms with Crippen molar-refractivity contribution >= 4 is 22.2 Å². The number of rotatable bonds is 5. The Kier molecular flexibility index (Phi) is 3.49. The van der Waals surface area contributed by atoms with Crippen LogP contribution in [0.4, 0.5) is 0 Å². The summed E-state index contributed by atoms with van der Waals surface area (Å²) in [7, 11) is 1.59. The van der Waals surface area contributed by atoms with Crippen LogP contribution in [-0.4, -0.2) is 20.0 Å². The van der Waals surface area contributed by atoms with Gasteiger partial charge < -0.3 is 9.47 Å². The van der Waals surface area contributed by atoms with Gasteiger partial charge in [-0.15, -0.1) is 0 Å². The molecule has 0 bridgehead atoms. The number of aldehydes is 1. The molecule has 2 rings (SSSR count). The van der Waals surface area contributed by atoms with E-state index < -0.39 is 0 Å². The second-order valence-electron chi connectivity index (χ2n) is 3.87. The summed E-state index contributed by atoms with van der Waals surface area (Å²) in [5.41, 5.74) is 0.576. The van der Waals surface area contributed by atoms with E-state index in [4.69, 9.17) is 9.47 Å². The standard InChI is InChI=1S/C12H13BrO3/c1-15-10-5-4-9(6-14)11(13)12(10)16-7-8-2-3-8/h4-6,8H,2-3,7H2,1H3. The average Bonchev–Trinajstić information content (AvgIpc) is 3.11. The summed E-state index contributed by atoms with van der Waals surface area (Å²) in [4.78, 5) is 10.8. The van der Waals surface area contributed by atoms with Gasteiger partial charge in [-0.2, -0.15) is 0 Å². The highest BCUT2D eigenvalue weighted by Gasteiger charge is 2.23. The maximum Gasteiger partial charge on any atom is 0.176 e. The zero-order valence-corrected chi connectivity index (χ0v) is 10.6. The van der Waals surface area contributed by atoms with E-state index in [0.29, 0.717) is 34.1 Å². The van der Waals surface area contributed by atoms with E-state index in [2.05, 4.69) is 15.9 Å². The molecule has 3 nitrogen and oxygen atoms in total. The number of hydrogen-bond donors (Lipinski definition) is 0. The number of carbonyl (C=O) groups is 1. The molecular formula is C12H13BrO3. The summed E-state index contributed by atoms with van der Waals surface area (Å²) in [6, 6.07) is 3.45. The Morgan fingerprint density at radius 2 is 2.25 bits per heavy atom. The second-order valence-corrected chi connectivity index (χ2v) is 4.67. The SMILES string of the molecule is COc1ccc(C=O)c(Br)c1OCC1CC1. The van der Waals surface area contributed by atoms with Gasteiger partial charge in [0.15, 0.2) is 17.8 Å². The van der Waals surface area contributed by atoms with Crippen LogP contribution in [0.1, 0.15) is 23.2 Å². The first-order chi connectivity index (χ1) is 7.76. The maximum absolute atomic E-state index is 10.8. The van der Waals surface area contributed by atoms with Gasteiger partial charge in [0, 0.05) is 5.56 Å². The molecule has 0 spiro atoms. The molecule has 0 radical (unpaired) electrons. The lowest BCUT2D eigenvalue weighted by Gasteiger charge is -2.13. The Hall–Kier alpha value is -1.03. The second kappa shape index (κ2) is 4.87. The van der Waals surface area contributed by atoms with Crippen molar-refractivity contribution in [1.82, 2.24) is 0 Å². The number of methoxy groups -OCH3 is 1. The van der Waals surface area contributed by atoms with Gasteiger partial charge in [-0.1, -0.05) is 0 Å². The third-order valence-electron chi connectivity index (χ3n) is 2.60. The molecule has 0 amide bonds. The topological polar surface area (TPSA) is 35.5 Å². The van der Waals surface area contributed by atoms with Gasteiger partial charge in [0.05, 0.1) is 18.2 Å². The van der Waals surface area contributed by atoms with Crippen molar-refractivity contribution < 1.29 is 14.3 Å². The Labute approximate surface area is 103 Å². The predicted molar refractivity (Wildman–Crippen MR) is 64.3 cm³/mol. The molecule has 1 aliphatic carbocycles. The van der Waals surface area contributed by atoms with Crippen LogP contribution in [0, 0.1) is 5.92 Å². The molecule has 0 atom stereocenters. The first-order valence-electron chi connectivity index (χ1n) is 5.20. The lowest BCUT2D eigenvalue weighted by molar-refractivity contribution is 0.112. The lowest BCUT2D eigenvalue weighted by atomic mass is 10.2. The minimum absolute atomic E-state index is 0.576. The first-order valence-corrected chi connectivity index (χ1v) is 6.00. The molecule has 1 aliphatic rings. The van der Waals surface area contributed by atoms with E-state index in [1.165, 1.54) is 12.8 Å². The number of benzene rings is 1. The Morgan fingerprint density at radius 1 is 1.50 bits per heavy atom. The van der Waals surface area contributed by atoms with Gasteiger partial charge in [0.25, 0.3) is 0 Å². The minimum atomic E-state index is 0.576. The molecule has 1 aromatic carbocycles. The molecule has 4 heteroatoms. The van der Waals surface area contributed by atoms with Crippen LogP contribution in [-0.2, 0) is 0 Å².